The van der Waals surface area contributed by atoms with Gasteiger partial charge in [0.15, 0.2) is 17.3 Å². The highest BCUT2D eigenvalue weighted by Crippen LogP contribution is 2.32. The Bertz CT molecular complexity index is 3080. The summed E-state index contributed by atoms with van der Waals surface area (Å²) in [4.78, 5) is 162. The molecule has 0 unspecified atom stereocenters. The Balaban J connectivity index is 0.000000572. The average Bonchev–Trinajstić information content (AvgIpc) is 1.39. The number of ketones is 3. The maximum absolute atomic E-state index is 14.5. The van der Waals surface area contributed by atoms with Crippen LogP contribution in [0.2, 0.25) is 0 Å². The number of benzene rings is 2. The average molecular weight is 1430 g/mol. The van der Waals surface area contributed by atoms with Crippen LogP contribution in [0.5, 0.6) is 0 Å². The molecule has 10 amide bonds. The van der Waals surface area contributed by atoms with E-state index in [1.54, 1.807) is 52.0 Å². The molecule has 0 aliphatic carbocycles. The van der Waals surface area contributed by atoms with Gasteiger partial charge in [-0.3, -0.25) is 52.8 Å². The van der Waals surface area contributed by atoms with Crippen LogP contribution < -0.4 is 27.0 Å². The number of nitrogens with two attached hydrogens (primary N) is 1. The van der Waals surface area contributed by atoms with Gasteiger partial charge in [-0.2, -0.15) is 0 Å². The number of primary amides is 1. The Labute approximate surface area is 607 Å². The molecule has 2 aromatic rings. The van der Waals surface area contributed by atoms with Gasteiger partial charge in [0, 0.05) is 103 Å². The van der Waals surface area contributed by atoms with E-state index in [1.807, 2.05) is 138 Å². The first-order chi connectivity index (χ1) is 48.0. The third-order valence-electron chi connectivity index (χ3n) is 19.4. The molecule has 24 heteroatoms. The first kappa shape index (κ1) is 88.4. The van der Waals surface area contributed by atoms with Crippen molar-refractivity contribution in [2.75, 3.05) is 59.9 Å². The van der Waals surface area contributed by atoms with Crippen LogP contribution in [0, 0.1) is 46.8 Å². The summed E-state index contributed by atoms with van der Waals surface area (Å²) in [5, 5.41) is 11.3. The van der Waals surface area contributed by atoms with Gasteiger partial charge in [0.25, 0.3) is 11.8 Å². The monoisotopic (exact) mass is 1430 g/mol. The van der Waals surface area contributed by atoms with Crippen LogP contribution in [0.1, 0.15) is 192 Å². The Morgan fingerprint density at radius 3 is 1.87 bits per heavy atom. The van der Waals surface area contributed by atoms with Crippen LogP contribution in [0.3, 0.4) is 0 Å². The van der Waals surface area contributed by atoms with Crippen molar-refractivity contribution >= 4 is 76.5 Å². The summed E-state index contributed by atoms with van der Waals surface area (Å²) in [6, 6.07) is 13.3. The van der Waals surface area contributed by atoms with Gasteiger partial charge in [-0.05, 0) is 111 Å². The molecular formula is C78H123N9O15. The second-order valence-corrected chi connectivity index (χ2v) is 29.7. The molecule has 6 N–H and O–H groups in total. The SMILES string of the molecule is CCOC(=O)N(C)[C@H](C(=O)C[C@H](C(=O)N(C)[C@@H]([C@@H](C)CC)[C@@H](CC(=O)N1CCC[C@H]1[C@H](OC)[C@@H](C)C(=O)N[C@@H](Cc1ccccc1)C(=O)CC(C)(C)C)OC)C(C)C)C(C)C.CCc1ccc(NC(=O)[C@H](CCCNC(N)=O)CC(=O)[C@@H](NC(=O)CCCCCN2C(=O)C=CC2=O)C(C)C)cc1. The predicted octanol–water partition coefficient (Wildman–Crippen LogP) is 9.82. The number of likely N-dealkylation sites (tertiary alicyclic amines) is 1. The second kappa shape index (κ2) is 43.9. The van der Waals surface area contributed by atoms with E-state index in [1.165, 1.54) is 22.0 Å². The number of unbranched alkanes of at least 4 members (excludes halogenated alkanes) is 2. The summed E-state index contributed by atoms with van der Waals surface area (Å²) in [7, 11) is 6.36. The fraction of sp³-hybridized carbons (Fsp3) is 0.667. The molecule has 0 saturated carbocycles. The highest BCUT2D eigenvalue weighted by Gasteiger charge is 2.44. The number of anilines is 1. The molecule has 0 radical (unpaired) electrons. The molecule has 570 valence electrons. The smallest absolute Gasteiger partial charge is 0.410 e. The number of nitrogens with one attached hydrogen (secondary N) is 4. The lowest BCUT2D eigenvalue weighted by Gasteiger charge is -2.41. The minimum Gasteiger partial charge on any atom is -0.450 e. The first-order valence-corrected chi connectivity index (χ1v) is 36.8. The Morgan fingerprint density at radius 1 is 0.696 bits per heavy atom. The van der Waals surface area contributed by atoms with Gasteiger partial charge in [-0.1, -0.05) is 145 Å². The van der Waals surface area contributed by atoms with E-state index in [4.69, 9.17) is 19.9 Å². The number of likely N-dealkylation sites (N-methyl/N-ethyl adjacent to an activating group) is 2. The van der Waals surface area contributed by atoms with Gasteiger partial charge in [0.2, 0.25) is 29.5 Å². The van der Waals surface area contributed by atoms with Crippen LogP contribution in [-0.2, 0) is 75.0 Å². The van der Waals surface area contributed by atoms with Gasteiger partial charge in [0.1, 0.15) is 0 Å². The van der Waals surface area contributed by atoms with E-state index in [2.05, 4.69) is 21.3 Å². The highest BCUT2D eigenvalue weighted by atomic mass is 16.6. The zero-order valence-electron chi connectivity index (χ0n) is 64.4. The molecule has 2 aliphatic rings. The van der Waals surface area contributed by atoms with E-state index in [-0.39, 0.29) is 127 Å². The number of Topliss-reactive ketones (excluding diaryl/α,β-unsaturated/α-hetero) is 3. The van der Waals surface area contributed by atoms with Crippen LogP contribution >= 0.6 is 0 Å². The maximum Gasteiger partial charge on any atom is 0.410 e. The summed E-state index contributed by atoms with van der Waals surface area (Å²) in [6.07, 6.45) is 6.84. The number of hydrogen-bond donors (Lipinski definition) is 5. The fourth-order valence-corrected chi connectivity index (χ4v) is 13.5. The first-order valence-electron chi connectivity index (χ1n) is 36.8. The molecule has 11 atom stereocenters. The largest absolute Gasteiger partial charge is 0.450 e. The van der Waals surface area contributed by atoms with Crippen LogP contribution in [0.15, 0.2) is 66.7 Å². The molecular weight excluding hydrogens is 1300 g/mol. The topological polar surface area (TPSA) is 320 Å². The predicted molar refractivity (Wildman–Crippen MR) is 394 cm³/mol. The van der Waals surface area contributed by atoms with Crippen molar-refractivity contribution < 1.29 is 71.7 Å². The van der Waals surface area contributed by atoms with Gasteiger partial charge in [-0.15, -0.1) is 0 Å². The number of ether oxygens (including phenoxy) is 3. The molecule has 0 spiro atoms. The normalized spacial score (nSPS) is 16.7. The number of nitrogens with zero attached hydrogens (tertiary/aromatic N) is 4. The van der Waals surface area contributed by atoms with E-state index in [0.29, 0.717) is 76.6 Å². The maximum atomic E-state index is 14.5. The van der Waals surface area contributed by atoms with E-state index in [9.17, 15) is 57.5 Å². The molecule has 2 aromatic carbocycles. The van der Waals surface area contributed by atoms with E-state index < -0.39 is 72.3 Å². The Morgan fingerprint density at radius 2 is 1.33 bits per heavy atom. The number of hydrogen-bond acceptors (Lipinski definition) is 15. The van der Waals surface area contributed by atoms with Crippen LogP contribution in [-0.4, -0.2) is 187 Å². The number of rotatable bonds is 42. The second-order valence-electron chi connectivity index (χ2n) is 29.7. The number of methoxy groups -OCH3 is 2. The summed E-state index contributed by atoms with van der Waals surface area (Å²) < 4.78 is 17.3. The summed E-state index contributed by atoms with van der Waals surface area (Å²) in [6.45, 7) is 28.1. The summed E-state index contributed by atoms with van der Waals surface area (Å²) in [5.74, 6) is -5.10. The quantitative estimate of drug-likeness (QED) is 0.0305. The number of imide groups is 1. The molecule has 0 bridgehead atoms. The molecule has 1 saturated heterocycles. The molecule has 102 heavy (non-hydrogen) atoms. The molecule has 2 heterocycles. The van der Waals surface area contributed by atoms with Crippen molar-refractivity contribution in [3.05, 3.63) is 77.9 Å². The van der Waals surface area contributed by atoms with E-state index >= 15 is 0 Å². The highest BCUT2D eigenvalue weighted by molar-refractivity contribution is 6.12. The molecule has 4 rings (SSSR count). The lowest BCUT2D eigenvalue weighted by molar-refractivity contribution is -0.149. The molecule has 2 aliphatic heterocycles. The number of carbonyl (C=O) groups excluding carboxylic acids is 12. The van der Waals surface area contributed by atoms with Gasteiger partial charge >= 0.3 is 12.1 Å². The van der Waals surface area contributed by atoms with Crippen molar-refractivity contribution in [1.29, 1.82) is 0 Å². The van der Waals surface area contributed by atoms with Crippen LogP contribution in [0.25, 0.3) is 0 Å². The third-order valence-corrected chi connectivity index (χ3v) is 19.4. The molecule has 1 fully saturated rings. The Kier molecular flexibility index (Phi) is 38.1. The standard InChI is InChI=1S/C48H80N4O9.C30H43N5O6/c1-16-32(7)43(50(12)46(57)35(30(3)4)27-38(53)42(31(5)6)51(13)47(58)61-17-2)40(59-14)28-41(55)52-25-21-24-37(52)44(60-15)33(8)45(56)49-36(39(54)29-48(9,10)11)26-34-22-19-18-20-23-34;1-4-21-11-13-23(14-12-21)33-29(40)22(9-8-17-32-30(31)41)19-24(36)28(20(2)3)34-25(37)10-6-5-7-18-35-26(38)15-16-27(35)39/h18-20,22-23,30-33,35-37,40,42-44H,16-17,21,24-29H2,1-15H3,(H,49,56);11-16,20,22,28H,4-10,17-19H2,1-3H3,(H,33,40)(H,34,37)(H3,31,32,41)/t32-,33+,35-,36-,37-,40+,42-,43-,44+;22-,28+/m01/s1. The lowest BCUT2D eigenvalue weighted by atomic mass is 9.83. The number of urea groups is 1. The minimum absolute atomic E-state index is 0.0118. The molecule has 0 aromatic heterocycles. The summed E-state index contributed by atoms with van der Waals surface area (Å²) >= 11 is 0. The van der Waals surface area contributed by atoms with E-state index in [0.717, 1.165) is 24.0 Å². The van der Waals surface area contributed by atoms with Crippen LogP contribution in [0.4, 0.5) is 15.3 Å². The number of amides is 10. The van der Waals surface area contributed by atoms with Crippen molar-refractivity contribution in [3.8, 4) is 0 Å². The number of aryl methyl sites for hydroxylation is 1. The van der Waals surface area contributed by atoms with Crippen molar-refractivity contribution in [2.45, 2.75) is 236 Å². The van der Waals surface area contributed by atoms with Gasteiger partial charge in [-0.25, -0.2) is 9.59 Å². The minimum atomic E-state index is -0.766. The van der Waals surface area contributed by atoms with Gasteiger partial charge < -0.3 is 55.9 Å². The van der Waals surface area contributed by atoms with Crippen molar-refractivity contribution in [1.82, 2.24) is 35.6 Å². The summed E-state index contributed by atoms with van der Waals surface area (Å²) in [5.41, 5.74) is 7.58. The van der Waals surface area contributed by atoms with Crippen molar-refractivity contribution in [3.63, 3.8) is 0 Å². The lowest BCUT2D eigenvalue weighted by Crippen LogP contribution is -2.55. The van der Waals surface area contributed by atoms with Crippen molar-refractivity contribution in [2.24, 2.45) is 52.6 Å². The third kappa shape index (κ3) is 28.4. The fourth-order valence-electron chi connectivity index (χ4n) is 13.5. The zero-order valence-corrected chi connectivity index (χ0v) is 64.4. The number of carbonyl (C=O) groups is 12. The molecule has 24 nitrogen and oxygen atoms in total. The van der Waals surface area contributed by atoms with Gasteiger partial charge in [0.05, 0.1) is 61.4 Å². The Hall–Kier alpha value is -7.86. The zero-order chi connectivity index (χ0) is 76.7.